The zero-order valence-corrected chi connectivity index (χ0v) is 14.4. The highest BCUT2D eigenvalue weighted by Crippen LogP contribution is 2.25. The van der Waals surface area contributed by atoms with E-state index in [2.05, 4.69) is 52.2 Å². The Labute approximate surface area is 137 Å². The van der Waals surface area contributed by atoms with Crippen LogP contribution in [0, 0.1) is 3.57 Å². The summed E-state index contributed by atoms with van der Waals surface area (Å²) in [4.78, 5) is 0. The van der Waals surface area contributed by atoms with Crippen molar-refractivity contribution in [1.82, 2.24) is 15.2 Å². The first kappa shape index (κ1) is 15.8. The summed E-state index contributed by atoms with van der Waals surface area (Å²) in [6.07, 6.45) is 1.71. The zero-order chi connectivity index (χ0) is 14.7. The first-order chi connectivity index (χ1) is 9.55. The van der Waals surface area contributed by atoms with Crippen LogP contribution in [0.4, 0.5) is 0 Å². The Morgan fingerprint density at radius 3 is 2.75 bits per heavy atom. The van der Waals surface area contributed by atoms with Gasteiger partial charge in [-0.3, -0.25) is 16.0 Å². The van der Waals surface area contributed by atoms with E-state index in [0.717, 1.165) is 38.4 Å². The number of benzene rings is 1. The van der Waals surface area contributed by atoms with Crippen molar-refractivity contribution in [1.29, 1.82) is 0 Å². The van der Waals surface area contributed by atoms with E-state index in [1.165, 1.54) is 0 Å². The van der Waals surface area contributed by atoms with Crippen LogP contribution in [0.2, 0.25) is 5.02 Å². The molecule has 6 heteroatoms. The molecule has 2 aromatic rings. The first-order valence-electron chi connectivity index (χ1n) is 6.48. The van der Waals surface area contributed by atoms with Crippen LogP contribution in [0.15, 0.2) is 24.3 Å². The first-order valence-corrected chi connectivity index (χ1v) is 7.93. The maximum Gasteiger partial charge on any atom is 0.0624 e. The minimum absolute atomic E-state index is 0.0182. The molecule has 0 bridgehead atoms. The Hall–Kier alpha value is -0.630. The molecular weight excluding hydrogens is 387 g/mol. The molecule has 0 saturated carbocycles. The standard InChI is InChI=1S/C14H18ClIN4/c1-3-10-7-11(20(2)19-10)8-14(18-17)9-4-5-13(16)12(15)6-9/h4-7,14,18H,3,8,17H2,1-2H3. The van der Waals surface area contributed by atoms with Crippen molar-refractivity contribution >= 4 is 34.2 Å². The number of hydrazine groups is 1. The van der Waals surface area contributed by atoms with Crippen LogP contribution >= 0.6 is 34.2 Å². The minimum Gasteiger partial charge on any atom is -0.272 e. The molecule has 0 amide bonds. The number of nitrogens with one attached hydrogen (secondary N) is 1. The highest BCUT2D eigenvalue weighted by Gasteiger charge is 2.15. The molecule has 0 saturated heterocycles. The second kappa shape index (κ2) is 6.89. The number of aryl methyl sites for hydroxylation is 2. The van der Waals surface area contributed by atoms with Crippen molar-refractivity contribution in [3.05, 3.63) is 49.8 Å². The number of hydrogen-bond donors (Lipinski definition) is 2. The zero-order valence-electron chi connectivity index (χ0n) is 11.5. The molecule has 0 spiro atoms. The lowest BCUT2D eigenvalue weighted by Gasteiger charge is -2.17. The highest BCUT2D eigenvalue weighted by molar-refractivity contribution is 14.1. The molecule has 3 N–H and O–H groups in total. The van der Waals surface area contributed by atoms with Gasteiger partial charge in [-0.25, -0.2) is 0 Å². The van der Waals surface area contributed by atoms with Gasteiger partial charge in [0.05, 0.1) is 16.8 Å². The third-order valence-corrected chi connectivity index (χ3v) is 4.92. The lowest BCUT2D eigenvalue weighted by Crippen LogP contribution is -2.30. The van der Waals surface area contributed by atoms with Crippen LogP contribution < -0.4 is 11.3 Å². The average molecular weight is 405 g/mol. The van der Waals surface area contributed by atoms with Crippen molar-refractivity contribution in [2.75, 3.05) is 0 Å². The Kier molecular flexibility index (Phi) is 5.42. The summed E-state index contributed by atoms with van der Waals surface area (Å²) in [6.45, 7) is 2.10. The summed E-state index contributed by atoms with van der Waals surface area (Å²) in [6, 6.07) is 8.16. The van der Waals surface area contributed by atoms with E-state index in [4.69, 9.17) is 17.4 Å². The molecule has 1 aromatic carbocycles. The Morgan fingerprint density at radius 2 is 2.20 bits per heavy atom. The molecule has 0 aliphatic heterocycles. The van der Waals surface area contributed by atoms with E-state index in [9.17, 15) is 0 Å². The lowest BCUT2D eigenvalue weighted by molar-refractivity contribution is 0.530. The number of nitrogens with zero attached hydrogens (tertiary/aromatic N) is 2. The normalized spacial score (nSPS) is 12.7. The number of nitrogens with two attached hydrogens (primary N) is 1. The quantitative estimate of drug-likeness (QED) is 0.458. The van der Waals surface area contributed by atoms with Gasteiger partial charge in [0.1, 0.15) is 0 Å². The van der Waals surface area contributed by atoms with E-state index in [-0.39, 0.29) is 6.04 Å². The minimum atomic E-state index is 0.0182. The van der Waals surface area contributed by atoms with Crippen molar-refractivity contribution < 1.29 is 0 Å². The molecular formula is C14H18ClIN4. The number of hydrogen-bond acceptors (Lipinski definition) is 3. The van der Waals surface area contributed by atoms with Crippen molar-refractivity contribution in [3.63, 3.8) is 0 Å². The van der Waals surface area contributed by atoms with Crippen LogP contribution in [0.1, 0.15) is 29.9 Å². The molecule has 4 nitrogen and oxygen atoms in total. The van der Waals surface area contributed by atoms with Gasteiger partial charge in [-0.1, -0.05) is 24.6 Å². The molecule has 20 heavy (non-hydrogen) atoms. The Morgan fingerprint density at radius 1 is 1.45 bits per heavy atom. The Bertz CT molecular complexity index is 597. The number of halogens is 2. The molecule has 1 heterocycles. The molecule has 0 aliphatic carbocycles. The van der Waals surface area contributed by atoms with E-state index in [1.807, 2.05) is 23.9 Å². The van der Waals surface area contributed by atoms with E-state index in [1.54, 1.807) is 0 Å². The van der Waals surface area contributed by atoms with E-state index in [0.29, 0.717) is 0 Å². The van der Waals surface area contributed by atoms with Crippen molar-refractivity contribution in [2.24, 2.45) is 12.9 Å². The monoisotopic (exact) mass is 404 g/mol. The molecule has 1 atom stereocenters. The van der Waals surface area contributed by atoms with Gasteiger partial charge in [-0.2, -0.15) is 5.10 Å². The predicted molar refractivity (Wildman–Crippen MR) is 90.5 cm³/mol. The van der Waals surface area contributed by atoms with Crippen molar-refractivity contribution in [3.8, 4) is 0 Å². The fourth-order valence-corrected chi connectivity index (χ4v) is 2.67. The van der Waals surface area contributed by atoms with Gasteiger partial charge in [-0.05, 0) is 52.8 Å². The Balaban J connectivity index is 2.23. The lowest BCUT2D eigenvalue weighted by atomic mass is 10.0. The van der Waals surface area contributed by atoms with Crippen LogP contribution in [0.5, 0.6) is 0 Å². The molecule has 0 aliphatic rings. The third kappa shape index (κ3) is 3.52. The molecule has 0 radical (unpaired) electrons. The van der Waals surface area contributed by atoms with Gasteiger partial charge >= 0.3 is 0 Å². The molecule has 0 fully saturated rings. The molecule has 108 valence electrons. The molecule has 2 rings (SSSR count). The van der Waals surface area contributed by atoms with Gasteiger partial charge < -0.3 is 0 Å². The van der Waals surface area contributed by atoms with Crippen LogP contribution in [0.3, 0.4) is 0 Å². The van der Waals surface area contributed by atoms with E-state index >= 15 is 0 Å². The van der Waals surface area contributed by atoms with Gasteiger partial charge in [0, 0.05) is 22.7 Å². The summed E-state index contributed by atoms with van der Waals surface area (Å²) in [5.41, 5.74) is 6.20. The van der Waals surface area contributed by atoms with Gasteiger partial charge in [0.25, 0.3) is 0 Å². The summed E-state index contributed by atoms with van der Waals surface area (Å²) < 4.78 is 2.95. The van der Waals surface area contributed by atoms with Gasteiger partial charge in [-0.15, -0.1) is 0 Å². The van der Waals surface area contributed by atoms with Crippen LogP contribution in [-0.2, 0) is 19.9 Å². The maximum atomic E-state index is 6.18. The molecule has 1 unspecified atom stereocenters. The van der Waals surface area contributed by atoms with E-state index < -0.39 is 0 Å². The number of rotatable bonds is 5. The SMILES string of the molecule is CCc1cc(CC(NN)c2ccc(I)c(Cl)c2)n(C)n1. The smallest absolute Gasteiger partial charge is 0.0624 e. The fraction of sp³-hybridized carbons (Fsp3) is 0.357. The fourth-order valence-electron chi connectivity index (χ4n) is 2.15. The largest absolute Gasteiger partial charge is 0.272 e. The third-order valence-electron chi connectivity index (χ3n) is 3.35. The van der Waals surface area contributed by atoms with Crippen LogP contribution in [-0.4, -0.2) is 9.78 Å². The number of aromatic nitrogens is 2. The average Bonchev–Trinajstić information content (AvgIpc) is 2.80. The van der Waals surface area contributed by atoms with Crippen molar-refractivity contribution in [2.45, 2.75) is 25.8 Å². The highest BCUT2D eigenvalue weighted by atomic mass is 127. The second-order valence-electron chi connectivity index (χ2n) is 4.70. The summed E-state index contributed by atoms with van der Waals surface area (Å²) in [5, 5.41) is 5.22. The second-order valence-corrected chi connectivity index (χ2v) is 6.27. The maximum absolute atomic E-state index is 6.18. The van der Waals surface area contributed by atoms with Gasteiger partial charge in [0.15, 0.2) is 0 Å². The topological polar surface area (TPSA) is 55.9 Å². The summed E-state index contributed by atoms with van der Waals surface area (Å²) >= 11 is 8.40. The molecule has 1 aromatic heterocycles. The van der Waals surface area contributed by atoms with Gasteiger partial charge in [0.2, 0.25) is 0 Å². The summed E-state index contributed by atoms with van der Waals surface area (Å²) in [7, 11) is 1.96. The predicted octanol–water partition coefficient (Wildman–Crippen LogP) is 2.99. The summed E-state index contributed by atoms with van der Waals surface area (Å²) in [5.74, 6) is 5.71. The van der Waals surface area contributed by atoms with Crippen LogP contribution in [0.25, 0.3) is 0 Å².